The summed E-state index contributed by atoms with van der Waals surface area (Å²) in [6.45, 7) is 4.18. The zero-order valence-electron chi connectivity index (χ0n) is 6.98. The van der Waals surface area contributed by atoms with Gasteiger partial charge in [-0.1, -0.05) is 15.9 Å². The van der Waals surface area contributed by atoms with Gasteiger partial charge >= 0.3 is 0 Å². The third-order valence-electron chi connectivity index (χ3n) is 2.18. The van der Waals surface area contributed by atoms with Gasteiger partial charge in [0.15, 0.2) is 0 Å². The van der Waals surface area contributed by atoms with Crippen molar-refractivity contribution in [3.05, 3.63) is 0 Å². The standard InChI is InChI=1S/C8H14BrNO/c1-8(2,6-3-4-6)10-7(11)5-9/h6H,3-5H2,1-2H3,(H,10,11). The summed E-state index contributed by atoms with van der Waals surface area (Å²) in [5, 5.41) is 3.39. The van der Waals surface area contributed by atoms with Gasteiger partial charge in [0.1, 0.15) is 0 Å². The molecule has 0 aromatic rings. The Morgan fingerprint density at radius 1 is 1.64 bits per heavy atom. The first-order chi connectivity index (χ1) is 5.06. The molecule has 1 aliphatic rings. The summed E-state index contributed by atoms with van der Waals surface area (Å²) in [5.41, 5.74) is 0.00481. The molecule has 0 heterocycles. The second-order valence-corrected chi connectivity index (χ2v) is 4.24. The Labute approximate surface area is 75.9 Å². The van der Waals surface area contributed by atoms with Crippen LogP contribution in [-0.2, 0) is 4.79 Å². The van der Waals surface area contributed by atoms with E-state index in [1.165, 1.54) is 12.8 Å². The van der Waals surface area contributed by atoms with Crippen molar-refractivity contribution in [1.29, 1.82) is 0 Å². The van der Waals surface area contributed by atoms with Gasteiger partial charge in [0.05, 0.1) is 5.33 Å². The topological polar surface area (TPSA) is 29.1 Å². The molecule has 3 heteroatoms. The summed E-state index contributed by atoms with van der Waals surface area (Å²) in [5.74, 6) is 0.785. The lowest BCUT2D eigenvalue weighted by Crippen LogP contribution is -2.45. The van der Waals surface area contributed by atoms with Crippen molar-refractivity contribution in [2.75, 3.05) is 5.33 Å². The zero-order chi connectivity index (χ0) is 8.48. The van der Waals surface area contributed by atoms with Crippen molar-refractivity contribution in [3.63, 3.8) is 0 Å². The maximum Gasteiger partial charge on any atom is 0.231 e. The van der Waals surface area contributed by atoms with Crippen LogP contribution in [0.15, 0.2) is 0 Å². The van der Waals surface area contributed by atoms with Crippen LogP contribution in [0, 0.1) is 5.92 Å². The van der Waals surface area contributed by atoms with Crippen molar-refractivity contribution < 1.29 is 4.79 Å². The van der Waals surface area contributed by atoms with Crippen LogP contribution >= 0.6 is 15.9 Å². The lowest BCUT2D eigenvalue weighted by Gasteiger charge is -2.25. The molecule has 11 heavy (non-hydrogen) atoms. The number of rotatable bonds is 3. The van der Waals surface area contributed by atoms with Gasteiger partial charge in [0.2, 0.25) is 5.91 Å². The minimum absolute atomic E-state index is 0.00481. The number of hydrogen-bond donors (Lipinski definition) is 1. The molecular formula is C8H14BrNO. The molecule has 2 nitrogen and oxygen atoms in total. The van der Waals surface area contributed by atoms with E-state index in [0.29, 0.717) is 11.2 Å². The molecule has 0 aromatic carbocycles. The van der Waals surface area contributed by atoms with E-state index in [-0.39, 0.29) is 11.4 Å². The highest BCUT2D eigenvalue weighted by molar-refractivity contribution is 9.09. The summed E-state index contributed by atoms with van der Waals surface area (Å²) in [4.78, 5) is 11.0. The van der Waals surface area contributed by atoms with Crippen molar-refractivity contribution >= 4 is 21.8 Å². The molecule has 0 unspecified atom stereocenters. The second-order valence-electron chi connectivity index (χ2n) is 3.68. The molecule has 0 bridgehead atoms. The molecular weight excluding hydrogens is 206 g/mol. The minimum Gasteiger partial charge on any atom is -0.350 e. The van der Waals surface area contributed by atoms with E-state index in [9.17, 15) is 4.79 Å². The fourth-order valence-electron chi connectivity index (χ4n) is 1.30. The molecule has 64 valence electrons. The van der Waals surface area contributed by atoms with Gasteiger partial charge in [-0.3, -0.25) is 4.79 Å². The van der Waals surface area contributed by atoms with Gasteiger partial charge in [-0.25, -0.2) is 0 Å². The fraction of sp³-hybridized carbons (Fsp3) is 0.875. The zero-order valence-corrected chi connectivity index (χ0v) is 8.57. The highest BCUT2D eigenvalue weighted by Crippen LogP contribution is 2.39. The SMILES string of the molecule is CC(C)(NC(=O)CBr)C1CC1. The average molecular weight is 220 g/mol. The number of carbonyl (C=O) groups is 1. The Morgan fingerprint density at radius 2 is 2.18 bits per heavy atom. The fourth-order valence-corrected chi connectivity index (χ4v) is 1.44. The first-order valence-electron chi connectivity index (χ1n) is 3.93. The van der Waals surface area contributed by atoms with E-state index >= 15 is 0 Å². The predicted octanol–water partition coefficient (Wildman–Crippen LogP) is 1.69. The molecule has 1 rings (SSSR count). The van der Waals surface area contributed by atoms with Crippen LogP contribution in [0.5, 0.6) is 0 Å². The lowest BCUT2D eigenvalue weighted by atomic mass is 9.99. The Kier molecular flexibility index (Phi) is 2.58. The maximum atomic E-state index is 11.0. The number of nitrogens with one attached hydrogen (secondary N) is 1. The molecule has 0 aromatic heterocycles. The normalized spacial score (nSPS) is 18.1. The van der Waals surface area contributed by atoms with E-state index in [2.05, 4.69) is 35.1 Å². The summed E-state index contributed by atoms with van der Waals surface area (Å²) in [7, 11) is 0. The molecule has 1 saturated carbocycles. The molecule has 0 saturated heterocycles. The number of amides is 1. The molecule has 1 fully saturated rings. The van der Waals surface area contributed by atoms with E-state index in [4.69, 9.17) is 0 Å². The van der Waals surface area contributed by atoms with Crippen LogP contribution in [0.4, 0.5) is 0 Å². The first kappa shape index (κ1) is 9.04. The monoisotopic (exact) mass is 219 g/mol. The highest BCUT2D eigenvalue weighted by atomic mass is 79.9. The Hall–Kier alpha value is -0.0500. The van der Waals surface area contributed by atoms with E-state index in [1.807, 2.05) is 0 Å². The van der Waals surface area contributed by atoms with Crippen LogP contribution in [0.1, 0.15) is 26.7 Å². The van der Waals surface area contributed by atoms with Crippen molar-refractivity contribution in [3.8, 4) is 0 Å². The van der Waals surface area contributed by atoms with Crippen molar-refractivity contribution in [1.82, 2.24) is 5.32 Å². The smallest absolute Gasteiger partial charge is 0.231 e. The second kappa shape index (κ2) is 3.13. The van der Waals surface area contributed by atoms with Crippen molar-refractivity contribution in [2.24, 2.45) is 5.92 Å². The summed E-state index contributed by atoms with van der Waals surface area (Å²) < 4.78 is 0. The molecule has 0 aliphatic heterocycles. The van der Waals surface area contributed by atoms with Gasteiger partial charge < -0.3 is 5.32 Å². The molecule has 1 aliphatic carbocycles. The van der Waals surface area contributed by atoms with Crippen LogP contribution in [0.25, 0.3) is 0 Å². The number of carbonyl (C=O) groups excluding carboxylic acids is 1. The van der Waals surface area contributed by atoms with Crippen LogP contribution < -0.4 is 5.32 Å². The van der Waals surface area contributed by atoms with Crippen LogP contribution in [0.2, 0.25) is 0 Å². The number of alkyl halides is 1. The van der Waals surface area contributed by atoms with E-state index in [0.717, 1.165) is 0 Å². The molecule has 0 radical (unpaired) electrons. The summed E-state index contributed by atoms with van der Waals surface area (Å²) in [6.07, 6.45) is 2.52. The maximum absolute atomic E-state index is 11.0. The van der Waals surface area contributed by atoms with E-state index in [1.54, 1.807) is 0 Å². The molecule has 0 spiro atoms. The summed E-state index contributed by atoms with van der Waals surface area (Å²) >= 11 is 3.12. The predicted molar refractivity (Wildman–Crippen MR) is 48.7 cm³/mol. The van der Waals surface area contributed by atoms with Crippen LogP contribution in [0.3, 0.4) is 0 Å². The lowest BCUT2D eigenvalue weighted by molar-refractivity contribution is -0.120. The molecule has 0 atom stereocenters. The summed E-state index contributed by atoms with van der Waals surface area (Å²) in [6, 6.07) is 0. The highest BCUT2D eigenvalue weighted by Gasteiger charge is 2.38. The third-order valence-corrected chi connectivity index (χ3v) is 2.69. The van der Waals surface area contributed by atoms with Gasteiger partial charge in [0.25, 0.3) is 0 Å². The molecule has 1 N–H and O–H groups in total. The number of hydrogen-bond acceptors (Lipinski definition) is 1. The Bertz CT molecular complexity index is 163. The minimum atomic E-state index is 0.00481. The largest absolute Gasteiger partial charge is 0.350 e. The van der Waals surface area contributed by atoms with Crippen molar-refractivity contribution in [2.45, 2.75) is 32.2 Å². The Balaban J connectivity index is 2.38. The quantitative estimate of drug-likeness (QED) is 0.720. The third kappa shape index (κ3) is 2.47. The van der Waals surface area contributed by atoms with Crippen LogP contribution in [-0.4, -0.2) is 16.8 Å². The first-order valence-corrected chi connectivity index (χ1v) is 5.05. The van der Waals surface area contributed by atoms with Gasteiger partial charge in [-0.05, 0) is 32.6 Å². The Morgan fingerprint density at radius 3 is 2.55 bits per heavy atom. The van der Waals surface area contributed by atoms with E-state index < -0.39 is 0 Å². The molecule has 1 amide bonds. The van der Waals surface area contributed by atoms with Gasteiger partial charge in [-0.2, -0.15) is 0 Å². The van der Waals surface area contributed by atoms with Gasteiger partial charge in [-0.15, -0.1) is 0 Å². The van der Waals surface area contributed by atoms with Gasteiger partial charge in [0, 0.05) is 5.54 Å². The number of halogens is 1. The average Bonchev–Trinajstić information content (AvgIpc) is 2.66.